The SMILES string of the molecule is CCNc1cc(C(=O)NCCOC(N)=O)ccn1. The van der Waals surface area contributed by atoms with E-state index in [4.69, 9.17) is 5.73 Å². The third kappa shape index (κ3) is 4.69. The first-order chi connectivity index (χ1) is 8.63. The van der Waals surface area contributed by atoms with E-state index in [1.807, 2.05) is 6.92 Å². The van der Waals surface area contributed by atoms with Gasteiger partial charge in [0.25, 0.3) is 5.91 Å². The fourth-order valence-corrected chi connectivity index (χ4v) is 1.27. The van der Waals surface area contributed by atoms with E-state index in [0.717, 1.165) is 6.54 Å². The number of pyridine rings is 1. The molecule has 1 aromatic heterocycles. The molecule has 0 spiro atoms. The second kappa shape index (κ2) is 7.10. The summed E-state index contributed by atoms with van der Waals surface area (Å²) in [5.74, 6) is 0.378. The second-order valence-corrected chi connectivity index (χ2v) is 3.38. The summed E-state index contributed by atoms with van der Waals surface area (Å²) in [6.07, 6.45) is 0.690. The molecule has 0 aliphatic rings. The Morgan fingerprint density at radius 1 is 1.50 bits per heavy atom. The van der Waals surface area contributed by atoms with Crippen molar-refractivity contribution in [2.24, 2.45) is 5.73 Å². The minimum atomic E-state index is -0.859. The van der Waals surface area contributed by atoms with Crippen LogP contribution >= 0.6 is 0 Å². The van der Waals surface area contributed by atoms with Crippen molar-refractivity contribution in [1.82, 2.24) is 10.3 Å². The Morgan fingerprint density at radius 3 is 2.94 bits per heavy atom. The maximum absolute atomic E-state index is 11.7. The highest BCUT2D eigenvalue weighted by atomic mass is 16.5. The molecule has 4 N–H and O–H groups in total. The molecule has 0 aliphatic carbocycles. The van der Waals surface area contributed by atoms with Crippen molar-refractivity contribution in [3.05, 3.63) is 23.9 Å². The Hall–Kier alpha value is -2.31. The van der Waals surface area contributed by atoms with Gasteiger partial charge in [-0.15, -0.1) is 0 Å². The molecule has 2 amide bonds. The molecule has 1 aromatic rings. The third-order valence-electron chi connectivity index (χ3n) is 2.01. The van der Waals surface area contributed by atoms with Crippen LogP contribution < -0.4 is 16.4 Å². The Kier molecular flexibility index (Phi) is 5.43. The van der Waals surface area contributed by atoms with Crippen LogP contribution in [0.15, 0.2) is 18.3 Å². The number of nitrogens with one attached hydrogen (secondary N) is 2. The van der Waals surface area contributed by atoms with E-state index >= 15 is 0 Å². The van der Waals surface area contributed by atoms with Gasteiger partial charge in [-0.1, -0.05) is 0 Å². The highest BCUT2D eigenvalue weighted by Gasteiger charge is 2.06. The highest BCUT2D eigenvalue weighted by Crippen LogP contribution is 2.06. The van der Waals surface area contributed by atoms with Gasteiger partial charge in [-0.2, -0.15) is 0 Å². The number of hydrogen-bond donors (Lipinski definition) is 3. The molecule has 0 bridgehead atoms. The standard InChI is InChI=1S/C11H16N4O3/c1-2-13-9-7-8(3-4-14-9)10(16)15-5-6-18-11(12)17/h3-4,7H,2,5-6H2,1H3,(H2,12,17)(H,13,14)(H,15,16). The van der Waals surface area contributed by atoms with Crippen LogP contribution in [0.25, 0.3) is 0 Å². The van der Waals surface area contributed by atoms with Crippen LogP contribution in [0.1, 0.15) is 17.3 Å². The summed E-state index contributed by atoms with van der Waals surface area (Å²) < 4.78 is 4.49. The van der Waals surface area contributed by atoms with Crippen molar-refractivity contribution < 1.29 is 14.3 Å². The van der Waals surface area contributed by atoms with Crippen LogP contribution in [0.4, 0.5) is 10.6 Å². The average molecular weight is 252 g/mol. The Morgan fingerprint density at radius 2 is 2.28 bits per heavy atom. The van der Waals surface area contributed by atoms with Crippen LogP contribution in [0.2, 0.25) is 0 Å². The summed E-state index contributed by atoms with van der Waals surface area (Å²) in [7, 11) is 0. The van der Waals surface area contributed by atoms with Gasteiger partial charge in [-0.3, -0.25) is 4.79 Å². The van der Waals surface area contributed by atoms with Gasteiger partial charge in [0.2, 0.25) is 0 Å². The Bertz CT molecular complexity index is 423. The number of carbonyl (C=O) groups excluding carboxylic acids is 2. The van der Waals surface area contributed by atoms with Crippen molar-refractivity contribution >= 4 is 17.8 Å². The van der Waals surface area contributed by atoms with Crippen molar-refractivity contribution in [2.75, 3.05) is 25.0 Å². The largest absolute Gasteiger partial charge is 0.448 e. The number of ether oxygens (including phenoxy) is 1. The monoisotopic (exact) mass is 252 g/mol. The molecule has 0 atom stereocenters. The molecular weight excluding hydrogens is 236 g/mol. The maximum Gasteiger partial charge on any atom is 0.404 e. The first kappa shape index (κ1) is 13.8. The minimum absolute atomic E-state index is 0.0478. The topological polar surface area (TPSA) is 106 Å². The zero-order chi connectivity index (χ0) is 13.4. The molecule has 0 saturated heterocycles. The summed E-state index contributed by atoms with van der Waals surface area (Å²) in [6.45, 7) is 2.92. The lowest BCUT2D eigenvalue weighted by atomic mass is 10.2. The normalized spacial score (nSPS) is 9.61. The van der Waals surface area contributed by atoms with Gasteiger partial charge < -0.3 is 21.1 Å². The number of nitrogens with two attached hydrogens (primary N) is 1. The fourth-order valence-electron chi connectivity index (χ4n) is 1.27. The molecule has 0 aromatic carbocycles. The molecule has 98 valence electrons. The fraction of sp³-hybridized carbons (Fsp3) is 0.364. The van der Waals surface area contributed by atoms with Crippen molar-refractivity contribution in [3.8, 4) is 0 Å². The number of rotatable bonds is 6. The van der Waals surface area contributed by atoms with E-state index in [2.05, 4.69) is 20.4 Å². The van der Waals surface area contributed by atoms with E-state index in [-0.39, 0.29) is 19.1 Å². The first-order valence-electron chi connectivity index (χ1n) is 5.54. The van der Waals surface area contributed by atoms with Gasteiger partial charge in [0.1, 0.15) is 12.4 Å². The smallest absolute Gasteiger partial charge is 0.404 e. The van der Waals surface area contributed by atoms with Crippen molar-refractivity contribution in [1.29, 1.82) is 0 Å². The lowest BCUT2D eigenvalue weighted by molar-refractivity contribution is 0.0937. The zero-order valence-electron chi connectivity index (χ0n) is 10.1. The summed E-state index contributed by atoms with van der Waals surface area (Å²) in [5.41, 5.74) is 5.27. The highest BCUT2D eigenvalue weighted by molar-refractivity contribution is 5.94. The van der Waals surface area contributed by atoms with Gasteiger partial charge in [-0.25, -0.2) is 9.78 Å². The lowest BCUT2D eigenvalue weighted by Gasteiger charge is -2.07. The second-order valence-electron chi connectivity index (χ2n) is 3.38. The maximum atomic E-state index is 11.7. The van der Waals surface area contributed by atoms with Gasteiger partial charge >= 0.3 is 6.09 Å². The molecule has 0 saturated carbocycles. The van der Waals surface area contributed by atoms with Gasteiger partial charge in [0.15, 0.2) is 0 Å². The van der Waals surface area contributed by atoms with E-state index in [1.54, 1.807) is 18.3 Å². The number of aromatic nitrogens is 1. The molecule has 7 nitrogen and oxygen atoms in total. The third-order valence-corrected chi connectivity index (χ3v) is 2.01. The first-order valence-corrected chi connectivity index (χ1v) is 5.54. The van der Waals surface area contributed by atoms with Crippen LogP contribution in [0.5, 0.6) is 0 Å². The van der Waals surface area contributed by atoms with E-state index < -0.39 is 6.09 Å². The van der Waals surface area contributed by atoms with Crippen LogP contribution in [-0.4, -0.2) is 36.7 Å². The predicted octanol–water partition coefficient (Wildman–Crippen LogP) is 0.338. The average Bonchev–Trinajstić information content (AvgIpc) is 2.35. The number of anilines is 1. The number of primary amides is 1. The Labute approximate surface area is 105 Å². The molecular formula is C11H16N4O3. The van der Waals surface area contributed by atoms with Crippen LogP contribution in [-0.2, 0) is 4.74 Å². The summed E-state index contributed by atoms with van der Waals surface area (Å²) in [5, 5.41) is 5.60. The summed E-state index contributed by atoms with van der Waals surface area (Å²) >= 11 is 0. The van der Waals surface area contributed by atoms with Crippen molar-refractivity contribution in [3.63, 3.8) is 0 Å². The zero-order valence-corrected chi connectivity index (χ0v) is 10.1. The number of hydrogen-bond acceptors (Lipinski definition) is 5. The number of nitrogens with zero attached hydrogens (tertiary/aromatic N) is 1. The summed E-state index contributed by atoms with van der Waals surface area (Å²) in [4.78, 5) is 26.1. The predicted molar refractivity (Wildman–Crippen MR) is 66.3 cm³/mol. The molecule has 1 rings (SSSR count). The van der Waals surface area contributed by atoms with Crippen molar-refractivity contribution in [2.45, 2.75) is 6.92 Å². The number of amides is 2. The van der Waals surface area contributed by atoms with Gasteiger partial charge in [0.05, 0.1) is 6.54 Å². The lowest BCUT2D eigenvalue weighted by Crippen LogP contribution is -2.29. The van der Waals surface area contributed by atoms with E-state index in [1.165, 1.54) is 0 Å². The minimum Gasteiger partial charge on any atom is -0.448 e. The Balaban J connectivity index is 2.45. The van der Waals surface area contributed by atoms with E-state index in [0.29, 0.717) is 11.4 Å². The molecule has 7 heteroatoms. The van der Waals surface area contributed by atoms with Gasteiger partial charge in [0, 0.05) is 18.3 Å². The van der Waals surface area contributed by atoms with Crippen LogP contribution in [0, 0.1) is 0 Å². The van der Waals surface area contributed by atoms with Crippen LogP contribution in [0.3, 0.4) is 0 Å². The molecule has 0 unspecified atom stereocenters. The molecule has 0 aliphatic heterocycles. The summed E-state index contributed by atoms with van der Waals surface area (Å²) in [6, 6.07) is 3.25. The van der Waals surface area contributed by atoms with Gasteiger partial charge in [-0.05, 0) is 19.1 Å². The quantitative estimate of drug-likeness (QED) is 0.633. The molecule has 0 radical (unpaired) electrons. The molecule has 18 heavy (non-hydrogen) atoms. The van der Waals surface area contributed by atoms with E-state index in [9.17, 15) is 9.59 Å². The molecule has 0 fully saturated rings. The number of carbonyl (C=O) groups is 2. The molecule has 1 heterocycles.